The summed E-state index contributed by atoms with van der Waals surface area (Å²) in [4.78, 5) is 11.6. The quantitative estimate of drug-likeness (QED) is 0.839. The topological polar surface area (TPSA) is 83.6 Å². The lowest BCUT2D eigenvalue weighted by molar-refractivity contribution is 0.101. The van der Waals surface area contributed by atoms with E-state index in [1.807, 2.05) is 24.3 Å². The SMILES string of the molecule is CC(C)c1ccc(NC(=O)c2nn[nH]n2)cc1. The van der Waals surface area contributed by atoms with Gasteiger partial charge >= 0.3 is 0 Å². The summed E-state index contributed by atoms with van der Waals surface area (Å²) < 4.78 is 0. The predicted molar refractivity (Wildman–Crippen MR) is 62.7 cm³/mol. The fourth-order valence-electron chi connectivity index (χ4n) is 1.40. The van der Waals surface area contributed by atoms with Crippen LogP contribution < -0.4 is 5.32 Å². The molecule has 88 valence electrons. The number of aromatic nitrogens is 4. The molecule has 0 unspecified atom stereocenters. The summed E-state index contributed by atoms with van der Waals surface area (Å²) in [6.07, 6.45) is 0. The smallest absolute Gasteiger partial charge is 0.297 e. The number of nitrogens with one attached hydrogen (secondary N) is 2. The Morgan fingerprint density at radius 2 is 2.00 bits per heavy atom. The normalized spacial score (nSPS) is 10.5. The van der Waals surface area contributed by atoms with E-state index in [0.29, 0.717) is 11.6 Å². The molecule has 0 aliphatic heterocycles. The Hall–Kier alpha value is -2.24. The highest BCUT2D eigenvalue weighted by atomic mass is 16.2. The first-order valence-corrected chi connectivity index (χ1v) is 5.31. The van der Waals surface area contributed by atoms with E-state index in [0.717, 1.165) is 0 Å². The molecule has 0 saturated carbocycles. The summed E-state index contributed by atoms with van der Waals surface area (Å²) in [5.41, 5.74) is 1.94. The van der Waals surface area contributed by atoms with Crippen molar-refractivity contribution >= 4 is 11.6 Å². The highest BCUT2D eigenvalue weighted by Gasteiger charge is 2.10. The zero-order valence-corrected chi connectivity index (χ0v) is 9.64. The van der Waals surface area contributed by atoms with Crippen molar-refractivity contribution in [3.63, 3.8) is 0 Å². The minimum Gasteiger partial charge on any atom is -0.319 e. The maximum atomic E-state index is 11.6. The van der Waals surface area contributed by atoms with Crippen LogP contribution in [0.5, 0.6) is 0 Å². The number of carbonyl (C=O) groups is 1. The van der Waals surface area contributed by atoms with E-state index < -0.39 is 0 Å². The average molecular weight is 231 g/mol. The molecule has 17 heavy (non-hydrogen) atoms. The molecule has 6 nitrogen and oxygen atoms in total. The van der Waals surface area contributed by atoms with Crippen LogP contribution in [0.15, 0.2) is 24.3 Å². The van der Waals surface area contributed by atoms with E-state index in [2.05, 4.69) is 39.8 Å². The minimum absolute atomic E-state index is 0.0259. The van der Waals surface area contributed by atoms with Crippen LogP contribution in [-0.2, 0) is 0 Å². The zero-order valence-electron chi connectivity index (χ0n) is 9.64. The van der Waals surface area contributed by atoms with Gasteiger partial charge in [0.2, 0.25) is 0 Å². The molecule has 0 radical (unpaired) electrons. The first-order chi connectivity index (χ1) is 8.16. The first kappa shape index (κ1) is 11.3. The van der Waals surface area contributed by atoms with Crippen molar-refractivity contribution in [3.05, 3.63) is 35.7 Å². The number of hydrogen-bond acceptors (Lipinski definition) is 4. The van der Waals surface area contributed by atoms with Gasteiger partial charge in [0, 0.05) is 5.69 Å². The first-order valence-electron chi connectivity index (χ1n) is 5.31. The molecule has 0 atom stereocenters. The third-order valence-corrected chi connectivity index (χ3v) is 2.38. The van der Waals surface area contributed by atoms with Gasteiger partial charge in [0.05, 0.1) is 0 Å². The minimum atomic E-state index is -0.379. The van der Waals surface area contributed by atoms with E-state index in [1.54, 1.807) is 0 Å². The number of H-pyrrole nitrogens is 1. The highest BCUT2D eigenvalue weighted by molar-refractivity contribution is 6.01. The Kier molecular flexibility index (Phi) is 3.13. The monoisotopic (exact) mass is 231 g/mol. The lowest BCUT2D eigenvalue weighted by atomic mass is 10.0. The molecule has 2 N–H and O–H groups in total. The average Bonchev–Trinajstić information content (AvgIpc) is 2.83. The maximum absolute atomic E-state index is 11.6. The predicted octanol–water partition coefficient (Wildman–Crippen LogP) is 1.58. The standard InChI is InChI=1S/C11H13N5O/c1-7(2)8-3-5-9(6-4-8)12-11(17)10-13-15-16-14-10/h3-7H,1-2H3,(H,12,17)(H,13,14,15,16). The van der Waals surface area contributed by atoms with Crippen molar-refractivity contribution < 1.29 is 4.79 Å². The van der Waals surface area contributed by atoms with Crippen LogP contribution in [0.3, 0.4) is 0 Å². The summed E-state index contributed by atoms with van der Waals surface area (Å²) in [5.74, 6) is 0.117. The number of aromatic amines is 1. The number of hydrogen-bond donors (Lipinski definition) is 2. The van der Waals surface area contributed by atoms with Gasteiger partial charge in [-0.15, -0.1) is 10.2 Å². The van der Waals surface area contributed by atoms with Crippen molar-refractivity contribution in [1.82, 2.24) is 20.6 Å². The fraction of sp³-hybridized carbons (Fsp3) is 0.273. The summed E-state index contributed by atoms with van der Waals surface area (Å²) in [7, 11) is 0. The van der Waals surface area contributed by atoms with E-state index in [9.17, 15) is 4.79 Å². The summed E-state index contributed by atoms with van der Waals surface area (Å²) in [6, 6.07) is 7.67. The second-order valence-electron chi connectivity index (χ2n) is 3.97. The fourth-order valence-corrected chi connectivity index (χ4v) is 1.40. The van der Waals surface area contributed by atoms with Gasteiger partial charge in [0.25, 0.3) is 11.7 Å². The summed E-state index contributed by atoms with van der Waals surface area (Å²) >= 11 is 0. The molecule has 6 heteroatoms. The van der Waals surface area contributed by atoms with E-state index in [1.165, 1.54) is 5.56 Å². The van der Waals surface area contributed by atoms with Crippen LogP contribution in [0.2, 0.25) is 0 Å². The van der Waals surface area contributed by atoms with Gasteiger partial charge in [-0.3, -0.25) is 4.79 Å². The molecular weight excluding hydrogens is 218 g/mol. The van der Waals surface area contributed by atoms with Crippen molar-refractivity contribution in [1.29, 1.82) is 0 Å². The molecule has 0 spiro atoms. The molecule has 2 aromatic rings. The molecule has 1 amide bonds. The Morgan fingerprint density at radius 1 is 1.29 bits per heavy atom. The van der Waals surface area contributed by atoms with Gasteiger partial charge in [-0.2, -0.15) is 5.21 Å². The molecule has 0 saturated heterocycles. The Balaban J connectivity index is 2.07. The van der Waals surface area contributed by atoms with Crippen LogP contribution in [0.25, 0.3) is 0 Å². The Bertz CT molecular complexity index is 489. The molecular formula is C11H13N5O. The summed E-state index contributed by atoms with van der Waals surface area (Å²) in [6.45, 7) is 4.24. The van der Waals surface area contributed by atoms with E-state index >= 15 is 0 Å². The number of carbonyl (C=O) groups excluding carboxylic acids is 1. The van der Waals surface area contributed by atoms with Crippen molar-refractivity contribution in [2.24, 2.45) is 0 Å². The molecule has 0 bridgehead atoms. The second-order valence-corrected chi connectivity index (χ2v) is 3.97. The molecule has 1 aromatic carbocycles. The van der Waals surface area contributed by atoms with Gasteiger partial charge in [-0.25, -0.2) is 0 Å². The third-order valence-electron chi connectivity index (χ3n) is 2.38. The summed E-state index contributed by atoms with van der Waals surface area (Å²) in [5, 5.41) is 15.4. The van der Waals surface area contributed by atoms with Crippen molar-refractivity contribution in [2.75, 3.05) is 5.32 Å². The number of benzene rings is 1. The number of nitrogens with zero attached hydrogens (tertiary/aromatic N) is 3. The van der Waals surface area contributed by atoms with Crippen LogP contribution >= 0.6 is 0 Å². The van der Waals surface area contributed by atoms with Gasteiger partial charge in [0.1, 0.15) is 0 Å². The lowest BCUT2D eigenvalue weighted by Gasteiger charge is -2.07. The molecule has 0 fully saturated rings. The second kappa shape index (κ2) is 4.73. The lowest BCUT2D eigenvalue weighted by Crippen LogP contribution is -2.13. The van der Waals surface area contributed by atoms with E-state index in [4.69, 9.17) is 0 Å². The van der Waals surface area contributed by atoms with Gasteiger partial charge in [-0.1, -0.05) is 26.0 Å². The maximum Gasteiger partial charge on any atom is 0.297 e. The van der Waals surface area contributed by atoms with Crippen LogP contribution in [0.1, 0.15) is 35.9 Å². The number of amides is 1. The largest absolute Gasteiger partial charge is 0.319 e. The van der Waals surface area contributed by atoms with Crippen molar-refractivity contribution in [2.45, 2.75) is 19.8 Å². The molecule has 0 aliphatic carbocycles. The molecule has 1 heterocycles. The highest BCUT2D eigenvalue weighted by Crippen LogP contribution is 2.17. The van der Waals surface area contributed by atoms with E-state index in [-0.39, 0.29) is 11.7 Å². The molecule has 0 aliphatic rings. The Morgan fingerprint density at radius 3 is 2.53 bits per heavy atom. The molecule has 1 aromatic heterocycles. The van der Waals surface area contributed by atoms with Gasteiger partial charge in [-0.05, 0) is 28.8 Å². The van der Waals surface area contributed by atoms with Crippen LogP contribution in [-0.4, -0.2) is 26.5 Å². The van der Waals surface area contributed by atoms with Crippen LogP contribution in [0.4, 0.5) is 5.69 Å². The zero-order chi connectivity index (χ0) is 12.3. The van der Waals surface area contributed by atoms with Gasteiger partial charge < -0.3 is 5.32 Å². The van der Waals surface area contributed by atoms with Gasteiger partial charge in [0.15, 0.2) is 0 Å². The van der Waals surface area contributed by atoms with Crippen molar-refractivity contribution in [3.8, 4) is 0 Å². The third kappa shape index (κ3) is 2.66. The number of anilines is 1. The number of rotatable bonds is 3. The number of tetrazole rings is 1. The Labute approximate surface area is 98.4 Å². The molecule has 2 rings (SSSR count). The van der Waals surface area contributed by atoms with Crippen LogP contribution in [0, 0.1) is 0 Å².